The summed E-state index contributed by atoms with van der Waals surface area (Å²) in [6, 6.07) is 1.52. The Morgan fingerprint density at radius 2 is 2.11 bits per heavy atom. The summed E-state index contributed by atoms with van der Waals surface area (Å²) in [6.45, 7) is 0. The Morgan fingerprint density at radius 1 is 1.42 bits per heavy atom. The number of halogens is 2. The van der Waals surface area contributed by atoms with Crippen molar-refractivity contribution in [3.8, 4) is 22.8 Å². The lowest BCUT2D eigenvalue weighted by Gasteiger charge is -2.08. The molecule has 2 rings (SSSR count). The number of ether oxygens (including phenoxy) is 1. The number of phenolic OH excluding ortho intramolecular Hbond substituents is 1. The average molecular weight is 271 g/mol. The zero-order chi connectivity index (χ0) is 14.2. The normalized spacial score (nSPS) is 10.5. The molecule has 1 aromatic heterocycles. The van der Waals surface area contributed by atoms with E-state index in [1.807, 2.05) is 0 Å². The lowest BCUT2D eigenvalue weighted by Crippen LogP contribution is -1.95. The van der Waals surface area contributed by atoms with Crippen LogP contribution in [0.15, 0.2) is 16.7 Å². The van der Waals surface area contributed by atoms with Gasteiger partial charge < -0.3 is 19.5 Å². The molecule has 0 amide bonds. The van der Waals surface area contributed by atoms with Crippen LogP contribution in [0.3, 0.4) is 0 Å². The third-order valence-corrected chi connectivity index (χ3v) is 2.35. The van der Waals surface area contributed by atoms with E-state index < -0.39 is 40.4 Å². The summed E-state index contributed by atoms with van der Waals surface area (Å²) in [5.41, 5.74) is -1.16. The Morgan fingerprint density at radius 3 is 2.63 bits per heavy atom. The van der Waals surface area contributed by atoms with Crippen molar-refractivity contribution in [1.29, 1.82) is 0 Å². The molecule has 2 aromatic rings. The second-order valence-electron chi connectivity index (χ2n) is 3.48. The van der Waals surface area contributed by atoms with Gasteiger partial charge in [0, 0.05) is 12.1 Å². The first kappa shape index (κ1) is 12.8. The van der Waals surface area contributed by atoms with Crippen LogP contribution in [-0.2, 0) is 0 Å². The molecule has 0 fully saturated rings. The number of nitrogens with zero attached hydrogens (tertiary/aromatic N) is 1. The van der Waals surface area contributed by atoms with E-state index >= 15 is 0 Å². The number of phenols is 1. The van der Waals surface area contributed by atoms with Gasteiger partial charge in [0.2, 0.25) is 0 Å². The number of hydrogen-bond donors (Lipinski definition) is 2. The van der Waals surface area contributed by atoms with Gasteiger partial charge in [-0.2, -0.15) is 0 Å². The average Bonchev–Trinajstić information content (AvgIpc) is 2.83. The van der Waals surface area contributed by atoms with Crippen molar-refractivity contribution in [2.24, 2.45) is 0 Å². The van der Waals surface area contributed by atoms with Gasteiger partial charge in [-0.3, -0.25) is 0 Å². The molecule has 2 N–H and O–H groups in total. The molecule has 8 heteroatoms. The minimum atomic E-state index is -1.40. The molecular weight excluding hydrogens is 264 g/mol. The van der Waals surface area contributed by atoms with Gasteiger partial charge in [0.25, 0.3) is 0 Å². The fourth-order valence-electron chi connectivity index (χ4n) is 1.47. The third kappa shape index (κ3) is 2.07. The number of hydrogen-bond acceptors (Lipinski definition) is 5. The first-order valence-electron chi connectivity index (χ1n) is 4.91. The second kappa shape index (κ2) is 4.56. The predicted molar refractivity (Wildman–Crippen MR) is 57.0 cm³/mol. The molecule has 0 atom stereocenters. The van der Waals surface area contributed by atoms with Crippen molar-refractivity contribution in [1.82, 2.24) is 5.16 Å². The van der Waals surface area contributed by atoms with Crippen LogP contribution >= 0.6 is 0 Å². The summed E-state index contributed by atoms with van der Waals surface area (Å²) in [4.78, 5) is 10.6. The molecule has 1 heterocycles. The molecule has 0 saturated carbocycles. The molecular formula is C11H7F2NO5. The highest BCUT2D eigenvalue weighted by Gasteiger charge is 2.24. The Bertz CT molecular complexity index is 653. The van der Waals surface area contributed by atoms with Gasteiger partial charge >= 0.3 is 5.97 Å². The summed E-state index contributed by atoms with van der Waals surface area (Å²) in [7, 11) is 1.15. The summed E-state index contributed by atoms with van der Waals surface area (Å²) in [6.07, 6.45) is 0. The van der Waals surface area contributed by atoms with E-state index in [2.05, 4.69) is 14.4 Å². The van der Waals surface area contributed by atoms with E-state index in [1.165, 1.54) is 0 Å². The highest BCUT2D eigenvalue weighted by atomic mass is 19.2. The maximum atomic E-state index is 13.6. The zero-order valence-electron chi connectivity index (χ0n) is 9.48. The largest absolute Gasteiger partial charge is 0.504 e. The van der Waals surface area contributed by atoms with E-state index in [9.17, 15) is 18.7 Å². The Kier molecular flexibility index (Phi) is 3.07. The van der Waals surface area contributed by atoms with E-state index in [1.54, 1.807) is 0 Å². The van der Waals surface area contributed by atoms with Gasteiger partial charge in [-0.25, -0.2) is 13.6 Å². The monoisotopic (exact) mass is 271 g/mol. The molecule has 1 aromatic carbocycles. The Labute approximate surface area is 104 Å². The summed E-state index contributed by atoms with van der Waals surface area (Å²) >= 11 is 0. The number of carboxylic acids is 1. The highest BCUT2D eigenvalue weighted by Crippen LogP contribution is 2.40. The minimum absolute atomic E-state index is 0.317. The molecule has 0 bridgehead atoms. The van der Waals surface area contributed by atoms with E-state index in [0.29, 0.717) is 6.07 Å². The van der Waals surface area contributed by atoms with Crippen LogP contribution in [0.4, 0.5) is 8.78 Å². The van der Waals surface area contributed by atoms with Gasteiger partial charge in [0.1, 0.15) is 5.56 Å². The van der Waals surface area contributed by atoms with Crippen LogP contribution < -0.4 is 4.74 Å². The van der Waals surface area contributed by atoms with Crippen molar-refractivity contribution < 1.29 is 33.0 Å². The van der Waals surface area contributed by atoms with Gasteiger partial charge in [0.05, 0.1) is 7.11 Å². The molecule has 0 unspecified atom stereocenters. The predicted octanol–water partition coefficient (Wildman–Crippen LogP) is 2.03. The number of aromatic carboxylic acids is 1. The third-order valence-electron chi connectivity index (χ3n) is 2.35. The molecule has 19 heavy (non-hydrogen) atoms. The van der Waals surface area contributed by atoms with Gasteiger partial charge in [-0.05, 0) is 0 Å². The number of carboxylic acid groups (broad SMARTS) is 1. The van der Waals surface area contributed by atoms with E-state index in [-0.39, 0.29) is 5.75 Å². The fraction of sp³-hybridized carbons (Fsp3) is 0.0909. The SMILES string of the molecule is COc1cc(F)c(F)c(-c2cc(C(=O)O)no2)c1O. The van der Waals surface area contributed by atoms with E-state index in [0.717, 1.165) is 13.2 Å². The van der Waals surface area contributed by atoms with Crippen LogP contribution in [0.5, 0.6) is 11.5 Å². The Balaban J connectivity index is 2.66. The first-order chi connectivity index (χ1) is 8.95. The van der Waals surface area contributed by atoms with Crippen LogP contribution in [0, 0.1) is 11.6 Å². The standard InChI is InChI=1S/C11H7F2NO5/c1-18-7-2-4(12)9(13)8(10(7)15)6-3-5(11(16)17)14-19-6/h2-3,15H,1H3,(H,16,17). The highest BCUT2D eigenvalue weighted by molar-refractivity contribution is 5.87. The van der Waals surface area contributed by atoms with Crippen LogP contribution in [0.25, 0.3) is 11.3 Å². The number of methoxy groups -OCH3 is 1. The lowest BCUT2D eigenvalue weighted by molar-refractivity contribution is 0.0686. The van der Waals surface area contributed by atoms with Crippen LogP contribution in [0.1, 0.15) is 10.5 Å². The quantitative estimate of drug-likeness (QED) is 0.887. The van der Waals surface area contributed by atoms with Crippen molar-refractivity contribution in [3.05, 3.63) is 29.5 Å². The van der Waals surface area contributed by atoms with Crippen molar-refractivity contribution in [2.45, 2.75) is 0 Å². The number of rotatable bonds is 3. The molecule has 6 nitrogen and oxygen atoms in total. The summed E-state index contributed by atoms with van der Waals surface area (Å²) < 4.78 is 36.2. The lowest BCUT2D eigenvalue weighted by atomic mass is 10.1. The van der Waals surface area contributed by atoms with Gasteiger partial charge in [0.15, 0.2) is 34.6 Å². The molecule has 0 radical (unpaired) electrons. The zero-order valence-corrected chi connectivity index (χ0v) is 9.48. The van der Waals surface area contributed by atoms with Gasteiger partial charge in [-0.1, -0.05) is 5.16 Å². The molecule has 100 valence electrons. The maximum Gasteiger partial charge on any atom is 0.358 e. The topological polar surface area (TPSA) is 92.8 Å². The van der Waals surface area contributed by atoms with Crippen LogP contribution in [0.2, 0.25) is 0 Å². The first-order valence-corrected chi connectivity index (χ1v) is 4.91. The molecule has 0 aliphatic heterocycles. The van der Waals surface area contributed by atoms with Crippen LogP contribution in [-0.4, -0.2) is 28.4 Å². The van der Waals surface area contributed by atoms with Crippen molar-refractivity contribution in [3.63, 3.8) is 0 Å². The van der Waals surface area contributed by atoms with Crippen molar-refractivity contribution >= 4 is 5.97 Å². The smallest absolute Gasteiger partial charge is 0.358 e. The molecule has 0 saturated heterocycles. The minimum Gasteiger partial charge on any atom is -0.504 e. The number of carbonyl (C=O) groups is 1. The van der Waals surface area contributed by atoms with Crippen molar-refractivity contribution in [2.75, 3.05) is 7.11 Å². The fourth-order valence-corrected chi connectivity index (χ4v) is 1.47. The van der Waals surface area contributed by atoms with Gasteiger partial charge in [-0.15, -0.1) is 0 Å². The number of aromatic nitrogens is 1. The molecule has 0 aliphatic carbocycles. The molecule has 0 spiro atoms. The number of benzene rings is 1. The van der Waals surface area contributed by atoms with E-state index in [4.69, 9.17) is 5.11 Å². The number of aromatic hydroxyl groups is 1. The second-order valence-corrected chi connectivity index (χ2v) is 3.48. The summed E-state index contributed by atoms with van der Waals surface area (Å²) in [5, 5.41) is 21.5. The summed E-state index contributed by atoms with van der Waals surface area (Å²) in [5.74, 6) is -5.54. The maximum absolute atomic E-state index is 13.6. The molecule has 0 aliphatic rings. The Hall–Kier alpha value is -2.64.